The Balaban J connectivity index is 1.61. The van der Waals surface area contributed by atoms with Crippen LogP contribution in [0.4, 0.5) is 5.69 Å². The van der Waals surface area contributed by atoms with Crippen molar-refractivity contribution in [3.05, 3.63) is 76.3 Å². The molecule has 0 radical (unpaired) electrons. The van der Waals surface area contributed by atoms with Crippen molar-refractivity contribution < 1.29 is 33.3 Å². The number of carbonyl (C=O) groups is 3. The quantitative estimate of drug-likeness (QED) is 0.380. The molecule has 0 saturated carbocycles. The van der Waals surface area contributed by atoms with E-state index in [0.717, 1.165) is 4.90 Å². The van der Waals surface area contributed by atoms with Crippen molar-refractivity contribution in [2.45, 2.75) is 19.0 Å². The number of carbonyl (C=O) groups excluding carboxylic acids is 3. The number of rotatable bonds is 8. The number of imide groups is 1. The fraction of sp³-hybridized carbons (Fsp3) is 0.276. The third kappa shape index (κ3) is 4.65. The first kappa shape index (κ1) is 27.5. The Morgan fingerprint density at radius 3 is 2.20 bits per heavy atom. The summed E-state index contributed by atoms with van der Waals surface area (Å²) in [6.07, 6.45) is 0. The Hall–Kier alpha value is -4.09. The van der Waals surface area contributed by atoms with Crippen LogP contribution in [0, 0.1) is 5.92 Å². The molecule has 2 aliphatic heterocycles. The van der Waals surface area contributed by atoms with Crippen LogP contribution in [-0.2, 0) is 9.59 Å². The molecule has 3 aromatic rings. The Morgan fingerprint density at radius 1 is 0.900 bits per heavy atom. The molecule has 11 heteroatoms. The maximum Gasteiger partial charge on any atom is 0.268 e. The van der Waals surface area contributed by atoms with Crippen LogP contribution < -0.4 is 29.3 Å². The number of ether oxygens (including phenoxy) is 4. The average Bonchev–Trinajstić information content (AvgIpc) is 3.48. The second-order valence-corrected chi connectivity index (χ2v) is 10.1. The summed E-state index contributed by atoms with van der Waals surface area (Å²) in [5.41, 5.74) is 4.43. The van der Waals surface area contributed by atoms with Gasteiger partial charge in [0.1, 0.15) is 17.5 Å². The summed E-state index contributed by atoms with van der Waals surface area (Å²) in [6, 6.07) is 15.0. The third-order valence-electron chi connectivity index (χ3n) is 7.00. The molecule has 3 aromatic carbocycles. The molecule has 0 unspecified atom stereocenters. The highest BCUT2D eigenvalue weighted by Crippen LogP contribution is 2.47. The van der Waals surface area contributed by atoms with Crippen LogP contribution in [0.5, 0.6) is 23.0 Å². The molecular formula is C29H28BrN3O7. The molecule has 0 bridgehead atoms. The van der Waals surface area contributed by atoms with Gasteiger partial charge in [0.15, 0.2) is 11.5 Å². The van der Waals surface area contributed by atoms with E-state index in [2.05, 4.69) is 21.4 Å². The molecular weight excluding hydrogens is 582 g/mol. The summed E-state index contributed by atoms with van der Waals surface area (Å²) < 4.78 is 22.8. The fourth-order valence-corrected chi connectivity index (χ4v) is 5.60. The Labute approximate surface area is 239 Å². The smallest absolute Gasteiger partial charge is 0.268 e. The summed E-state index contributed by atoms with van der Waals surface area (Å²) in [7, 11) is 4.50. The van der Waals surface area contributed by atoms with Crippen LogP contribution >= 0.6 is 15.9 Å². The Kier molecular flexibility index (Phi) is 7.68. The van der Waals surface area contributed by atoms with Gasteiger partial charge < -0.3 is 18.9 Å². The molecule has 0 aliphatic carbocycles. The molecule has 3 atom stereocenters. The van der Waals surface area contributed by atoms with Crippen LogP contribution in [0.2, 0.25) is 0 Å². The average molecular weight is 610 g/mol. The first-order valence-corrected chi connectivity index (χ1v) is 13.4. The lowest BCUT2D eigenvalue weighted by atomic mass is 9.90. The minimum Gasteiger partial charge on any atom is -0.496 e. The van der Waals surface area contributed by atoms with Gasteiger partial charge in [-0.1, -0.05) is 22.0 Å². The maximum absolute atomic E-state index is 14.0. The molecule has 5 rings (SSSR count). The van der Waals surface area contributed by atoms with Crippen molar-refractivity contribution in [2.75, 3.05) is 32.8 Å². The zero-order chi connectivity index (χ0) is 28.6. The highest BCUT2D eigenvalue weighted by Gasteiger charge is 2.61. The van der Waals surface area contributed by atoms with E-state index in [-0.39, 0.29) is 0 Å². The number of hydrazine groups is 1. The second-order valence-electron chi connectivity index (χ2n) is 9.15. The van der Waals surface area contributed by atoms with E-state index in [1.54, 1.807) is 60.7 Å². The summed E-state index contributed by atoms with van der Waals surface area (Å²) in [5, 5.41) is 1.25. The molecule has 3 amide bonds. The zero-order valence-electron chi connectivity index (χ0n) is 22.3. The summed E-state index contributed by atoms with van der Waals surface area (Å²) in [5.74, 6) is -0.486. The first-order chi connectivity index (χ1) is 19.3. The molecule has 10 nitrogen and oxygen atoms in total. The van der Waals surface area contributed by atoms with Gasteiger partial charge in [0.25, 0.3) is 11.8 Å². The van der Waals surface area contributed by atoms with E-state index in [1.165, 1.54) is 26.3 Å². The molecule has 2 aliphatic rings. The van der Waals surface area contributed by atoms with Crippen molar-refractivity contribution in [2.24, 2.45) is 5.92 Å². The van der Waals surface area contributed by atoms with Gasteiger partial charge in [-0.05, 0) is 55.5 Å². The fourth-order valence-electron chi connectivity index (χ4n) is 5.20. The molecule has 2 saturated heterocycles. The molecule has 1 N–H and O–H groups in total. The number of methoxy groups -OCH3 is 3. The highest BCUT2D eigenvalue weighted by molar-refractivity contribution is 9.10. The predicted octanol–water partition coefficient (Wildman–Crippen LogP) is 4.13. The van der Waals surface area contributed by atoms with Crippen LogP contribution in [0.15, 0.2) is 65.1 Å². The van der Waals surface area contributed by atoms with Crippen molar-refractivity contribution in [1.82, 2.24) is 10.4 Å². The number of halogens is 1. The number of hydrogen-bond acceptors (Lipinski definition) is 8. The van der Waals surface area contributed by atoms with Gasteiger partial charge in [-0.2, -0.15) is 0 Å². The molecule has 40 heavy (non-hydrogen) atoms. The number of hydrogen-bond donors (Lipinski definition) is 1. The van der Waals surface area contributed by atoms with Gasteiger partial charge in [0, 0.05) is 21.7 Å². The van der Waals surface area contributed by atoms with Crippen molar-refractivity contribution in [1.29, 1.82) is 0 Å². The third-order valence-corrected chi connectivity index (χ3v) is 7.50. The summed E-state index contributed by atoms with van der Waals surface area (Å²) in [4.78, 5) is 42.9. The first-order valence-electron chi connectivity index (χ1n) is 12.6. The Morgan fingerprint density at radius 2 is 1.57 bits per heavy atom. The largest absolute Gasteiger partial charge is 0.496 e. The topological polar surface area (TPSA) is 107 Å². The number of fused-ring (bicyclic) bond motifs is 1. The molecule has 0 spiro atoms. The van der Waals surface area contributed by atoms with Crippen LogP contribution in [0.1, 0.15) is 28.9 Å². The number of amides is 3. The number of nitrogens with one attached hydrogen (secondary N) is 1. The molecule has 0 aromatic heterocycles. The summed E-state index contributed by atoms with van der Waals surface area (Å²) >= 11 is 3.40. The van der Waals surface area contributed by atoms with Gasteiger partial charge in [-0.15, -0.1) is 0 Å². The zero-order valence-corrected chi connectivity index (χ0v) is 23.9. The monoisotopic (exact) mass is 609 g/mol. The minimum atomic E-state index is -1.10. The van der Waals surface area contributed by atoms with E-state index < -0.39 is 35.7 Å². The lowest BCUT2D eigenvalue weighted by Gasteiger charge is -2.26. The normalized spacial score (nSPS) is 20.0. The summed E-state index contributed by atoms with van der Waals surface area (Å²) in [6.45, 7) is 2.35. The van der Waals surface area contributed by atoms with Crippen molar-refractivity contribution in [3.8, 4) is 23.0 Å². The second kappa shape index (κ2) is 11.2. The predicted molar refractivity (Wildman–Crippen MR) is 150 cm³/mol. The van der Waals surface area contributed by atoms with E-state index in [4.69, 9.17) is 18.9 Å². The highest BCUT2D eigenvalue weighted by atomic mass is 79.9. The van der Waals surface area contributed by atoms with E-state index >= 15 is 0 Å². The number of anilines is 1. The van der Waals surface area contributed by atoms with E-state index in [0.29, 0.717) is 50.9 Å². The van der Waals surface area contributed by atoms with Crippen molar-refractivity contribution >= 4 is 39.3 Å². The minimum absolute atomic E-state index is 0.348. The van der Waals surface area contributed by atoms with Crippen molar-refractivity contribution in [3.63, 3.8) is 0 Å². The maximum atomic E-state index is 14.0. The van der Waals surface area contributed by atoms with Crippen LogP contribution in [0.25, 0.3) is 0 Å². The number of nitrogens with zero attached hydrogens (tertiary/aromatic N) is 2. The standard InChI is InChI=1S/C29H28BrN3O7/c1-5-40-19-11-9-18(10-12-19)32-28(35)24-25(20-14-22(38-3)23(39-4)15-21(20)37-2)31-33(26(24)29(32)36)27(34)16-7-6-8-17(30)13-16/h6-15,24-26,31H,5H2,1-4H3/t24-,25-,26+/m1/s1. The van der Waals surface area contributed by atoms with Gasteiger partial charge in [0.05, 0.1) is 45.6 Å². The lowest BCUT2D eigenvalue weighted by molar-refractivity contribution is -0.123. The van der Waals surface area contributed by atoms with E-state index in [1.807, 2.05) is 6.92 Å². The number of benzene rings is 3. The molecule has 2 fully saturated rings. The SMILES string of the molecule is CCOc1ccc(N2C(=O)[C@@H]3[C@@H](c4cc(OC)c(OC)cc4OC)NN(C(=O)c4cccc(Br)c4)[C@@H]3C2=O)cc1. The lowest BCUT2D eigenvalue weighted by Crippen LogP contribution is -2.48. The van der Waals surface area contributed by atoms with Gasteiger partial charge in [0.2, 0.25) is 5.91 Å². The van der Waals surface area contributed by atoms with Crippen LogP contribution in [0.3, 0.4) is 0 Å². The van der Waals surface area contributed by atoms with Gasteiger partial charge in [-0.25, -0.2) is 10.3 Å². The van der Waals surface area contributed by atoms with E-state index in [9.17, 15) is 14.4 Å². The van der Waals surface area contributed by atoms with Gasteiger partial charge >= 0.3 is 0 Å². The van der Waals surface area contributed by atoms with Gasteiger partial charge in [-0.3, -0.25) is 19.4 Å². The van der Waals surface area contributed by atoms with Crippen LogP contribution in [-0.4, -0.2) is 56.7 Å². The molecule has 208 valence electrons. The molecule has 2 heterocycles. The Bertz CT molecular complexity index is 1460.